The van der Waals surface area contributed by atoms with Gasteiger partial charge in [0.2, 0.25) is 0 Å². The van der Waals surface area contributed by atoms with Gasteiger partial charge >= 0.3 is 0 Å². The van der Waals surface area contributed by atoms with Crippen molar-refractivity contribution in [2.45, 2.75) is 0 Å². The molecule has 0 aliphatic carbocycles. The summed E-state index contributed by atoms with van der Waals surface area (Å²) in [5.74, 6) is 0. The van der Waals surface area contributed by atoms with Gasteiger partial charge in [0.05, 0.1) is 10.5 Å². The first-order chi connectivity index (χ1) is 5.29. The molecule has 0 N–H and O–H groups in total. The molecular weight excluding hydrogens is 181 g/mol. The molecule has 0 atom stereocenters. The van der Waals surface area contributed by atoms with Crippen molar-refractivity contribution < 1.29 is 0 Å². The van der Waals surface area contributed by atoms with Gasteiger partial charge in [-0.3, -0.25) is 4.09 Å². The molecule has 0 spiro atoms. The van der Waals surface area contributed by atoms with Crippen LogP contribution in [-0.4, -0.2) is 4.09 Å². The molecule has 56 valence electrons. The van der Waals surface area contributed by atoms with E-state index in [0.29, 0.717) is 5.02 Å². The lowest BCUT2D eigenvalue weighted by molar-refractivity contribution is 1.33. The standard InChI is InChI=1S/C8H5Cl2N/c9-7-5-11(10)8-4-2-1-3-6(7)8/h1-5H. The summed E-state index contributed by atoms with van der Waals surface area (Å²) in [5, 5.41) is 1.68. The van der Waals surface area contributed by atoms with Crippen LogP contribution in [0.4, 0.5) is 0 Å². The molecule has 3 heteroatoms. The zero-order valence-electron chi connectivity index (χ0n) is 5.59. The molecule has 2 aromatic rings. The van der Waals surface area contributed by atoms with Gasteiger partial charge in [-0.05, 0) is 6.07 Å². The third-order valence-electron chi connectivity index (χ3n) is 1.62. The van der Waals surface area contributed by atoms with E-state index in [9.17, 15) is 0 Å². The van der Waals surface area contributed by atoms with E-state index in [0.717, 1.165) is 10.9 Å². The number of hydrogen-bond acceptors (Lipinski definition) is 0. The Bertz CT molecular complexity index is 356. The van der Waals surface area contributed by atoms with Gasteiger partial charge in [-0.2, -0.15) is 0 Å². The second kappa shape index (κ2) is 2.43. The average Bonchev–Trinajstić information content (AvgIpc) is 2.30. The number of fused-ring (bicyclic) bond motifs is 1. The molecule has 0 saturated carbocycles. The molecular formula is C8H5Cl2N. The first kappa shape index (κ1) is 7.01. The summed E-state index contributed by atoms with van der Waals surface area (Å²) in [6.07, 6.45) is 1.69. The van der Waals surface area contributed by atoms with Crippen LogP contribution in [0.5, 0.6) is 0 Å². The van der Waals surface area contributed by atoms with E-state index >= 15 is 0 Å². The third kappa shape index (κ3) is 1.01. The molecule has 2 rings (SSSR count). The van der Waals surface area contributed by atoms with Crippen LogP contribution in [0.2, 0.25) is 5.02 Å². The zero-order valence-corrected chi connectivity index (χ0v) is 7.10. The molecule has 0 unspecified atom stereocenters. The maximum absolute atomic E-state index is 5.87. The summed E-state index contributed by atoms with van der Waals surface area (Å²) >= 11 is 11.7. The van der Waals surface area contributed by atoms with Crippen molar-refractivity contribution in [2.75, 3.05) is 0 Å². The van der Waals surface area contributed by atoms with Crippen LogP contribution in [0, 0.1) is 0 Å². The van der Waals surface area contributed by atoms with Gasteiger partial charge in [-0.25, -0.2) is 0 Å². The van der Waals surface area contributed by atoms with Crippen LogP contribution >= 0.6 is 23.4 Å². The Kier molecular flexibility index (Phi) is 1.55. The maximum atomic E-state index is 5.87. The number of hydrogen-bond donors (Lipinski definition) is 0. The fraction of sp³-hybridized carbons (Fsp3) is 0. The van der Waals surface area contributed by atoms with Crippen molar-refractivity contribution in [3.8, 4) is 0 Å². The largest absolute Gasteiger partial charge is 0.259 e. The molecule has 1 nitrogen and oxygen atoms in total. The molecule has 0 radical (unpaired) electrons. The Balaban J connectivity index is 2.95. The summed E-state index contributed by atoms with van der Waals surface area (Å²) in [6.45, 7) is 0. The van der Waals surface area contributed by atoms with Crippen LogP contribution in [0.1, 0.15) is 0 Å². The molecule has 0 fully saturated rings. The second-order valence-electron chi connectivity index (χ2n) is 2.31. The van der Waals surface area contributed by atoms with E-state index in [-0.39, 0.29) is 0 Å². The number of benzene rings is 1. The Morgan fingerprint density at radius 2 is 1.91 bits per heavy atom. The van der Waals surface area contributed by atoms with Crippen molar-refractivity contribution in [3.05, 3.63) is 35.5 Å². The molecule has 0 bridgehead atoms. The van der Waals surface area contributed by atoms with E-state index in [4.69, 9.17) is 23.4 Å². The Morgan fingerprint density at radius 3 is 2.64 bits per heavy atom. The van der Waals surface area contributed by atoms with Gasteiger partial charge in [0.25, 0.3) is 0 Å². The average molecular weight is 186 g/mol. The highest BCUT2D eigenvalue weighted by Gasteiger charge is 2.02. The molecule has 0 aliphatic heterocycles. The summed E-state index contributed by atoms with van der Waals surface area (Å²) in [5.41, 5.74) is 0.944. The van der Waals surface area contributed by atoms with Gasteiger partial charge in [-0.15, -0.1) is 0 Å². The minimum Gasteiger partial charge on any atom is -0.259 e. The van der Waals surface area contributed by atoms with Gasteiger partial charge in [0.1, 0.15) is 0 Å². The first-order valence-corrected chi connectivity index (χ1v) is 3.92. The van der Waals surface area contributed by atoms with Crippen LogP contribution in [0.25, 0.3) is 10.9 Å². The van der Waals surface area contributed by atoms with Gasteiger partial charge in [0, 0.05) is 23.4 Å². The smallest absolute Gasteiger partial charge is 0.0676 e. The fourth-order valence-corrected chi connectivity index (χ4v) is 1.65. The van der Waals surface area contributed by atoms with Crippen LogP contribution < -0.4 is 0 Å². The topological polar surface area (TPSA) is 4.93 Å². The van der Waals surface area contributed by atoms with Crippen molar-refractivity contribution in [1.29, 1.82) is 0 Å². The van der Waals surface area contributed by atoms with Gasteiger partial charge in [0.15, 0.2) is 0 Å². The quantitative estimate of drug-likeness (QED) is 0.594. The second-order valence-corrected chi connectivity index (χ2v) is 3.08. The van der Waals surface area contributed by atoms with Crippen molar-refractivity contribution >= 4 is 34.3 Å². The normalized spacial score (nSPS) is 10.7. The van der Waals surface area contributed by atoms with E-state index in [1.165, 1.54) is 4.09 Å². The van der Waals surface area contributed by atoms with Crippen LogP contribution in [0.3, 0.4) is 0 Å². The lowest BCUT2D eigenvalue weighted by Gasteiger charge is -1.89. The number of halogens is 2. The summed E-state index contributed by atoms with van der Waals surface area (Å²) in [6, 6.07) is 7.73. The molecule has 1 aromatic heterocycles. The molecule has 0 saturated heterocycles. The van der Waals surface area contributed by atoms with E-state index < -0.39 is 0 Å². The molecule has 1 heterocycles. The zero-order chi connectivity index (χ0) is 7.84. The van der Waals surface area contributed by atoms with Crippen molar-refractivity contribution in [3.63, 3.8) is 0 Å². The molecule has 0 aliphatic rings. The SMILES string of the molecule is Clc1cn(Cl)c2ccccc12. The molecule has 0 amide bonds. The summed E-state index contributed by atoms with van der Waals surface area (Å²) in [4.78, 5) is 0. The van der Waals surface area contributed by atoms with Crippen molar-refractivity contribution in [1.82, 2.24) is 4.09 Å². The highest BCUT2D eigenvalue weighted by Crippen LogP contribution is 2.25. The summed E-state index contributed by atoms with van der Waals surface area (Å²) in [7, 11) is 0. The Morgan fingerprint density at radius 1 is 1.18 bits per heavy atom. The number of nitrogens with zero attached hydrogens (tertiary/aromatic N) is 1. The highest BCUT2D eigenvalue weighted by molar-refractivity contribution is 6.36. The minimum atomic E-state index is 0.690. The van der Waals surface area contributed by atoms with Crippen molar-refractivity contribution in [2.24, 2.45) is 0 Å². The lowest BCUT2D eigenvalue weighted by atomic mass is 10.3. The highest BCUT2D eigenvalue weighted by atomic mass is 35.5. The third-order valence-corrected chi connectivity index (χ3v) is 2.20. The number of aromatic nitrogens is 1. The maximum Gasteiger partial charge on any atom is 0.0676 e. The number of para-hydroxylation sites is 1. The monoisotopic (exact) mass is 185 g/mol. The Labute approximate surface area is 74.3 Å². The van der Waals surface area contributed by atoms with Crippen LogP contribution in [0.15, 0.2) is 30.5 Å². The summed E-state index contributed by atoms with van der Waals surface area (Å²) < 4.78 is 1.50. The van der Waals surface area contributed by atoms with Gasteiger partial charge < -0.3 is 0 Å². The fourth-order valence-electron chi connectivity index (χ4n) is 1.10. The minimum absolute atomic E-state index is 0.690. The molecule has 11 heavy (non-hydrogen) atoms. The first-order valence-electron chi connectivity index (χ1n) is 3.21. The Hall–Kier alpha value is -0.660. The predicted octanol–water partition coefficient (Wildman–Crippen LogP) is 3.30. The molecule has 1 aromatic carbocycles. The lowest BCUT2D eigenvalue weighted by Crippen LogP contribution is -1.72. The van der Waals surface area contributed by atoms with E-state index in [2.05, 4.69) is 0 Å². The van der Waals surface area contributed by atoms with Crippen LogP contribution in [-0.2, 0) is 0 Å². The van der Waals surface area contributed by atoms with E-state index in [1.54, 1.807) is 6.20 Å². The number of rotatable bonds is 0. The predicted molar refractivity (Wildman–Crippen MR) is 48.2 cm³/mol. The van der Waals surface area contributed by atoms with Gasteiger partial charge in [-0.1, -0.05) is 29.8 Å². The van der Waals surface area contributed by atoms with E-state index in [1.807, 2.05) is 24.3 Å².